The van der Waals surface area contributed by atoms with Gasteiger partial charge in [-0.25, -0.2) is 0 Å². The summed E-state index contributed by atoms with van der Waals surface area (Å²) in [5, 5.41) is 92.4. The molecule has 252 valence electrons. The minimum absolute atomic E-state index is 0.0173. The van der Waals surface area contributed by atoms with Crippen molar-refractivity contribution in [2.24, 2.45) is 0 Å². The number of rotatable bonds is 9. The molecule has 0 amide bonds. The smallest absolute Gasteiger partial charge is 0.239 e. The molecule has 5 rings (SSSR count). The van der Waals surface area contributed by atoms with E-state index in [1.165, 1.54) is 38.5 Å². The van der Waals surface area contributed by atoms with Crippen LogP contribution in [0, 0.1) is 0 Å². The number of aliphatic hydroxyl groups is 7. The molecule has 2 fully saturated rings. The largest absolute Gasteiger partial charge is 0.507 e. The molecule has 0 unspecified atom stereocenters. The molecular weight excluding hydrogens is 620 g/mol. The predicted octanol–water partition coefficient (Wildman–Crippen LogP) is -2.11. The number of phenols is 2. The van der Waals surface area contributed by atoms with Crippen LogP contribution in [-0.4, -0.2) is 135 Å². The third-order valence-electron chi connectivity index (χ3n) is 7.78. The van der Waals surface area contributed by atoms with Crippen LogP contribution in [-0.2, 0) is 14.2 Å². The van der Waals surface area contributed by atoms with Gasteiger partial charge in [-0.05, 0) is 18.2 Å². The van der Waals surface area contributed by atoms with E-state index in [-0.39, 0.29) is 39.5 Å². The Balaban J connectivity index is 1.63. The molecule has 3 heterocycles. The van der Waals surface area contributed by atoms with Crippen molar-refractivity contribution in [3.63, 3.8) is 0 Å². The predicted molar refractivity (Wildman–Crippen MR) is 151 cm³/mol. The lowest BCUT2D eigenvalue weighted by Crippen LogP contribution is -2.65. The van der Waals surface area contributed by atoms with Gasteiger partial charge < -0.3 is 78.8 Å². The number of hydrogen-bond donors (Lipinski definition) is 9. The second-order valence-corrected chi connectivity index (χ2v) is 10.6. The van der Waals surface area contributed by atoms with Gasteiger partial charge in [0.1, 0.15) is 65.2 Å². The lowest BCUT2D eigenvalue weighted by Gasteiger charge is -2.45. The van der Waals surface area contributed by atoms with Crippen molar-refractivity contribution < 1.29 is 78.8 Å². The summed E-state index contributed by atoms with van der Waals surface area (Å²) in [7, 11) is 2.61. The molecule has 3 aromatic rings. The summed E-state index contributed by atoms with van der Waals surface area (Å²) in [4.78, 5) is 14.0. The molecule has 2 saturated heterocycles. The Morgan fingerprint density at radius 2 is 1.41 bits per heavy atom. The minimum atomic E-state index is -1.94. The molecule has 0 bridgehead atoms. The van der Waals surface area contributed by atoms with Crippen LogP contribution in [0.3, 0.4) is 0 Å². The normalized spacial score (nSPS) is 31.5. The monoisotopic (exact) mass is 654 g/mol. The number of fused-ring (bicyclic) bond motifs is 1. The van der Waals surface area contributed by atoms with Crippen LogP contribution >= 0.6 is 0 Å². The second-order valence-electron chi connectivity index (χ2n) is 10.6. The van der Waals surface area contributed by atoms with E-state index in [0.717, 1.165) is 6.07 Å². The standard InChI is InChI=1S/C29H34O17/c1-40-11-6-13(33)18-15(7-11)42-25(10-3-4-12(32)14(5-10)41-2)26(21(18)36)45-29-27(23(38)20(35)17(9-31)44-29)46-28-24(39)22(37)19(34)16(8-30)43-28/h3-7,16-17,19-20,22-24,27-35,37-39H,8-9H2,1-2H3/t16-,17-,19-,20-,22+,23+,24-,27-,28+,29+/m1/s1. The number of phenolic OH excluding ortho intramolecular Hbond substituents is 2. The highest BCUT2D eigenvalue weighted by Gasteiger charge is 2.51. The Morgan fingerprint density at radius 1 is 0.761 bits per heavy atom. The third kappa shape index (κ3) is 6.05. The van der Waals surface area contributed by atoms with Gasteiger partial charge in [-0.2, -0.15) is 0 Å². The second kappa shape index (κ2) is 13.5. The van der Waals surface area contributed by atoms with E-state index in [2.05, 4.69) is 0 Å². The Hall–Kier alpha value is -3.75. The minimum Gasteiger partial charge on any atom is -0.507 e. The van der Waals surface area contributed by atoms with E-state index in [1.807, 2.05) is 0 Å². The van der Waals surface area contributed by atoms with Crippen LogP contribution in [0.5, 0.6) is 28.7 Å². The zero-order chi connectivity index (χ0) is 33.4. The number of methoxy groups -OCH3 is 2. The number of hydrogen-bond acceptors (Lipinski definition) is 17. The van der Waals surface area contributed by atoms with Crippen molar-refractivity contribution >= 4 is 11.0 Å². The molecule has 46 heavy (non-hydrogen) atoms. The molecule has 10 atom stereocenters. The maximum Gasteiger partial charge on any atom is 0.239 e. The highest BCUT2D eigenvalue weighted by atomic mass is 16.8. The summed E-state index contributed by atoms with van der Waals surface area (Å²) < 4.78 is 39.0. The first-order chi connectivity index (χ1) is 21.9. The van der Waals surface area contributed by atoms with Gasteiger partial charge in [0.15, 0.2) is 29.7 Å². The van der Waals surface area contributed by atoms with Crippen LogP contribution < -0.4 is 19.6 Å². The quantitative estimate of drug-likeness (QED) is 0.119. The molecule has 17 nitrogen and oxygen atoms in total. The number of aliphatic hydroxyl groups excluding tert-OH is 7. The molecule has 2 aliphatic heterocycles. The first-order valence-electron chi connectivity index (χ1n) is 13.9. The first-order valence-corrected chi connectivity index (χ1v) is 13.9. The summed E-state index contributed by atoms with van der Waals surface area (Å²) in [6.07, 6.45) is -17.7. The van der Waals surface area contributed by atoms with Gasteiger partial charge >= 0.3 is 0 Å². The summed E-state index contributed by atoms with van der Waals surface area (Å²) in [5.74, 6) is -1.60. The zero-order valence-corrected chi connectivity index (χ0v) is 24.4. The molecule has 0 spiro atoms. The molecule has 1 aromatic heterocycles. The molecule has 0 saturated carbocycles. The average molecular weight is 655 g/mol. The highest BCUT2D eigenvalue weighted by molar-refractivity contribution is 5.88. The number of aromatic hydroxyl groups is 2. The Labute approximate surface area is 259 Å². The zero-order valence-electron chi connectivity index (χ0n) is 24.4. The van der Waals surface area contributed by atoms with Crippen molar-refractivity contribution in [3.8, 4) is 40.1 Å². The topological polar surface area (TPSA) is 268 Å². The van der Waals surface area contributed by atoms with Gasteiger partial charge in [-0.3, -0.25) is 4.79 Å². The SMILES string of the molecule is COc1cc(O)c2c(=O)c(O[C@@H]3O[C@H](CO)[C@@H](O)[C@H](O)[C@H]3O[C@@H]3O[C@H](CO)[C@@H](O)[C@H](O)[C@H]3O)c(-c3ccc(O)c(OC)c3)oc2c1. The van der Waals surface area contributed by atoms with E-state index >= 15 is 0 Å². The summed E-state index contributed by atoms with van der Waals surface area (Å²) in [6.45, 7) is -1.63. The van der Waals surface area contributed by atoms with E-state index in [9.17, 15) is 50.8 Å². The lowest BCUT2D eigenvalue weighted by atomic mass is 9.97. The van der Waals surface area contributed by atoms with E-state index < -0.39 is 91.6 Å². The molecule has 17 heteroatoms. The van der Waals surface area contributed by atoms with E-state index in [4.69, 9.17) is 32.8 Å². The van der Waals surface area contributed by atoms with Crippen LogP contribution in [0.15, 0.2) is 39.5 Å². The van der Waals surface area contributed by atoms with Crippen LogP contribution in [0.2, 0.25) is 0 Å². The molecule has 0 aliphatic carbocycles. The maximum atomic E-state index is 14.0. The van der Waals surface area contributed by atoms with Crippen LogP contribution in [0.4, 0.5) is 0 Å². The third-order valence-corrected chi connectivity index (χ3v) is 7.78. The lowest BCUT2D eigenvalue weighted by molar-refractivity contribution is -0.358. The Bertz CT molecular complexity index is 1590. The Kier molecular flexibility index (Phi) is 9.89. The summed E-state index contributed by atoms with van der Waals surface area (Å²) in [5.41, 5.74) is -0.981. The molecule has 0 radical (unpaired) electrons. The van der Waals surface area contributed by atoms with Gasteiger partial charge in [-0.15, -0.1) is 0 Å². The van der Waals surface area contributed by atoms with Gasteiger partial charge in [0, 0.05) is 17.7 Å². The fourth-order valence-electron chi connectivity index (χ4n) is 5.24. The van der Waals surface area contributed by atoms with Crippen LogP contribution in [0.1, 0.15) is 0 Å². The van der Waals surface area contributed by atoms with Crippen molar-refractivity contribution in [1.82, 2.24) is 0 Å². The van der Waals surface area contributed by atoms with E-state index in [1.54, 1.807) is 0 Å². The van der Waals surface area contributed by atoms with E-state index in [0.29, 0.717) is 0 Å². The number of benzene rings is 2. The summed E-state index contributed by atoms with van der Waals surface area (Å²) >= 11 is 0. The average Bonchev–Trinajstić information content (AvgIpc) is 3.05. The fraction of sp³-hybridized carbons (Fsp3) is 0.483. The van der Waals surface area contributed by atoms with Crippen molar-refractivity contribution in [2.45, 2.75) is 61.4 Å². The molecule has 2 aliphatic rings. The first kappa shape index (κ1) is 33.6. The van der Waals surface area contributed by atoms with Crippen molar-refractivity contribution in [1.29, 1.82) is 0 Å². The van der Waals surface area contributed by atoms with Crippen molar-refractivity contribution in [2.75, 3.05) is 27.4 Å². The highest BCUT2D eigenvalue weighted by Crippen LogP contribution is 2.40. The fourth-order valence-corrected chi connectivity index (χ4v) is 5.24. The van der Waals surface area contributed by atoms with Gasteiger partial charge in [0.2, 0.25) is 17.5 Å². The Morgan fingerprint density at radius 3 is 2.04 bits per heavy atom. The van der Waals surface area contributed by atoms with Gasteiger partial charge in [-0.1, -0.05) is 0 Å². The number of ether oxygens (including phenoxy) is 6. The van der Waals surface area contributed by atoms with Crippen LogP contribution in [0.25, 0.3) is 22.3 Å². The maximum absolute atomic E-state index is 14.0. The molecule has 2 aromatic carbocycles. The molecule has 9 N–H and O–H groups in total. The van der Waals surface area contributed by atoms with Crippen molar-refractivity contribution in [3.05, 3.63) is 40.6 Å². The molecular formula is C29H34O17. The summed E-state index contributed by atoms with van der Waals surface area (Å²) in [6, 6.07) is 6.38. The van der Waals surface area contributed by atoms with Gasteiger partial charge in [0.05, 0.1) is 27.4 Å². The van der Waals surface area contributed by atoms with Gasteiger partial charge in [0.25, 0.3) is 0 Å².